The van der Waals surface area contributed by atoms with Crippen molar-refractivity contribution in [2.24, 2.45) is 0 Å². The van der Waals surface area contributed by atoms with E-state index in [-0.39, 0.29) is 6.04 Å². The second-order valence-corrected chi connectivity index (χ2v) is 5.17. The summed E-state index contributed by atoms with van der Waals surface area (Å²) in [5, 5.41) is 13.5. The van der Waals surface area contributed by atoms with Crippen molar-refractivity contribution in [3.05, 3.63) is 22.2 Å². The number of nitrogens with one attached hydrogen (secondary N) is 1. The molecule has 4 nitrogen and oxygen atoms in total. The first-order chi connectivity index (χ1) is 8.63. The number of likely N-dealkylation sites (N-methyl/N-ethyl adjacent to an activating group) is 1. The Morgan fingerprint density at radius 1 is 1.39 bits per heavy atom. The first kappa shape index (κ1) is 13.6. The number of halogens is 1. The summed E-state index contributed by atoms with van der Waals surface area (Å²) in [4.78, 5) is 0. The molecule has 1 aromatic carbocycles. The molecule has 1 heterocycles. The van der Waals surface area contributed by atoms with Crippen LogP contribution < -0.4 is 14.8 Å². The van der Waals surface area contributed by atoms with Crippen molar-refractivity contribution < 1.29 is 14.6 Å². The van der Waals surface area contributed by atoms with Crippen LogP contribution in [-0.2, 0) is 0 Å². The molecule has 1 aliphatic rings. The summed E-state index contributed by atoms with van der Waals surface area (Å²) >= 11 is 3.45. The molecule has 1 aliphatic heterocycles. The Morgan fingerprint density at radius 2 is 2.11 bits per heavy atom. The molecule has 1 aromatic rings. The molecule has 0 amide bonds. The molecule has 18 heavy (non-hydrogen) atoms. The van der Waals surface area contributed by atoms with Gasteiger partial charge in [-0.1, -0.05) is 6.92 Å². The van der Waals surface area contributed by atoms with Crippen molar-refractivity contribution in [2.75, 3.05) is 19.8 Å². The number of ether oxygens (including phenoxy) is 2. The maximum atomic E-state index is 10.3. The van der Waals surface area contributed by atoms with Gasteiger partial charge in [0.15, 0.2) is 11.5 Å². The maximum Gasteiger partial charge on any atom is 0.175 e. The van der Waals surface area contributed by atoms with E-state index in [0.717, 1.165) is 16.6 Å². The van der Waals surface area contributed by atoms with Crippen LogP contribution in [0.25, 0.3) is 0 Å². The van der Waals surface area contributed by atoms with Crippen LogP contribution in [-0.4, -0.2) is 30.9 Å². The third-order valence-electron chi connectivity index (χ3n) is 2.96. The summed E-state index contributed by atoms with van der Waals surface area (Å²) in [6, 6.07) is 3.72. The van der Waals surface area contributed by atoms with Gasteiger partial charge in [0.25, 0.3) is 0 Å². The molecule has 0 saturated heterocycles. The topological polar surface area (TPSA) is 50.7 Å². The monoisotopic (exact) mass is 315 g/mol. The number of fused-ring (bicyclic) bond motifs is 1. The van der Waals surface area contributed by atoms with Gasteiger partial charge in [0, 0.05) is 6.04 Å². The number of aliphatic hydroxyl groups excluding tert-OH is 1. The zero-order valence-corrected chi connectivity index (χ0v) is 12.2. The number of benzene rings is 1. The molecule has 2 unspecified atom stereocenters. The Labute approximate surface area is 115 Å². The highest BCUT2D eigenvalue weighted by Crippen LogP contribution is 2.40. The van der Waals surface area contributed by atoms with Gasteiger partial charge in [-0.25, -0.2) is 0 Å². The Balaban J connectivity index is 2.26. The first-order valence-corrected chi connectivity index (χ1v) is 6.93. The molecule has 0 radical (unpaired) electrons. The van der Waals surface area contributed by atoms with Crippen LogP contribution in [0.5, 0.6) is 11.5 Å². The van der Waals surface area contributed by atoms with Crippen molar-refractivity contribution >= 4 is 15.9 Å². The predicted octanol–water partition coefficient (Wildman–Crippen LogP) is 2.25. The molecule has 2 N–H and O–H groups in total. The van der Waals surface area contributed by atoms with Gasteiger partial charge in [0.2, 0.25) is 0 Å². The van der Waals surface area contributed by atoms with Gasteiger partial charge in [-0.3, -0.25) is 0 Å². The third-order valence-corrected chi connectivity index (χ3v) is 3.55. The Hall–Kier alpha value is -0.780. The van der Waals surface area contributed by atoms with Gasteiger partial charge in [-0.15, -0.1) is 0 Å². The zero-order valence-electron chi connectivity index (χ0n) is 10.6. The lowest BCUT2D eigenvalue weighted by Gasteiger charge is -2.24. The van der Waals surface area contributed by atoms with Crippen molar-refractivity contribution in [1.82, 2.24) is 5.32 Å². The van der Waals surface area contributed by atoms with Gasteiger partial charge in [0.05, 0.1) is 10.6 Å². The van der Waals surface area contributed by atoms with E-state index in [1.165, 1.54) is 0 Å². The maximum absolute atomic E-state index is 10.3. The lowest BCUT2D eigenvalue weighted by molar-refractivity contribution is 0.134. The van der Waals surface area contributed by atoms with Gasteiger partial charge in [-0.05, 0) is 47.1 Å². The fourth-order valence-corrected chi connectivity index (χ4v) is 2.60. The van der Waals surface area contributed by atoms with Gasteiger partial charge >= 0.3 is 0 Å². The van der Waals surface area contributed by atoms with E-state index in [0.29, 0.717) is 24.7 Å². The number of aliphatic hydroxyl groups is 1. The van der Waals surface area contributed by atoms with Gasteiger partial charge in [-0.2, -0.15) is 0 Å². The van der Waals surface area contributed by atoms with Crippen molar-refractivity contribution in [1.29, 1.82) is 0 Å². The standard InChI is InChI=1S/C13H18BrNO3/c1-3-15-8(2)12(16)9-6-10(14)13-11(7-9)17-4-5-18-13/h6-8,12,15-16H,3-5H2,1-2H3. The molecular formula is C13H18BrNO3. The minimum absolute atomic E-state index is 0.00976. The van der Waals surface area contributed by atoms with E-state index in [9.17, 15) is 5.11 Å². The normalized spacial score (nSPS) is 17.3. The summed E-state index contributed by atoms with van der Waals surface area (Å²) in [7, 11) is 0. The van der Waals surface area contributed by atoms with E-state index in [2.05, 4.69) is 21.2 Å². The van der Waals surface area contributed by atoms with Crippen LogP contribution in [0.4, 0.5) is 0 Å². The molecular weight excluding hydrogens is 298 g/mol. The molecule has 0 aromatic heterocycles. The minimum Gasteiger partial charge on any atom is -0.486 e. The van der Waals surface area contributed by atoms with E-state index in [1.807, 2.05) is 26.0 Å². The highest BCUT2D eigenvalue weighted by Gasteiger charge is 2.21. The number of hydrogen-bond donors (Lipinski definition) is 2. The average Bonchev–Trinajstić information content (AvgIpc) is 2.38. The lowest BCUT2D eigenvalue weighted by Crippen LogP contribution is -2.32. The Morgan fingerprint density at radius 3 is 2.83 bits per heavy atom. The summed E-state index contributed by atoms with van der Waals surface area (Å²) in [5.74, 6) is 1.40. The number of hydrogen-bond acceptors (Lipinski definition) is 4. The van der Waals surface area contributed by atoms with Crippen molar-refractivity contribution in [3.8, 4) is 11.5 Å². The molecule has 100 valence electrons. The fraction of sp³-hybridized carbons (Fsp3) is 0.538. The molecule has 0 bridgehead atoms. The predicted molar refractivity (Wildman–Crippen MR) is 73.2 cm³/mol. The molecule has 0 spiro atoms. The van der Waals surface area contributed by atoms with Crippen molar-refractivity contribution in [3.63, 3.8) is 0 Å². The summed E-state index contributed by atoms with van der Waals surface area (Å²) in [5.41, 5.74) is 0.819. The quantitative estimate of drug-likeness (QED) is 0.895. The lowest BCUT2D eigenvalue weighted by atomic mass is 10.0. The van der Waals surface area contributed by atoms with Crippen LogP contribution in [0.1, 0.15) is 25.5 Å². The Bertz CT molecular complexity index is 425. The van der Waals surface area contributed by atoms with Gasteiger partial charge < -0.3 is 19.9 Å². The van der Waals surface area contributed by atoms with Crippen molar-refractivity contribution in [2.45, 2.75) is 26.0 Å². The summed E-state index contributed by atoms with van der Waals surface area (Å²) in [6.07, 6.45) is -0.572. The highest BCUT2D eigenvalue weighted by atomic mass is 79.9. The average molecular weight is 316 g/mol. The molecule has 0 aliphatic carbocycles. The van der Waals surface area contributed by atoms with Crippen LogP contribution in [0.15, 0.2) is 16.6 Å². The minimum atomic E-state index is -0.572. The third kappa shape index (κ3) is 2.79. The molecule has 0 fully saturated rings. The smallest absolute Gasteiger partial charge is 0.175 e. The number of rotatable bonds is 4. The van der Waals surface area contributed by atoms with Crippen LogP contribution in [0, 0.1) is 0 Å². The molecule has 0 saturated carbocycles. The summed E-state index contributed by atoms with van der Waals surface area (Å²) in [6.45, 7) is 5.90. The SMILES string of the molecule is CCNC(C)C(O)c1cc(Br)c2c(c1)OCCO2. The van der Waals surface area contributed by atoms with Crippen LogP contribution in [0.3, 0.4) is 0 Å². The second kappa shape index (κ2) is 5.91. The van der Waals surface area contributed by atoms with E-state index in [4.69, 9.17) is 9.47 Å². The van der Waals surface area contributed by atoms with Gasteiger partial charge in [0.1, 0.15) is 13.2 Å². The summed E-state index contributed by atoms with van der Waals surface area (Å²) < 4.78 is 11.9. The first-order valence-electron chi connectivity index (χ1n) is 6.14. The molecule has 5 heteroatoms. The Kier molecular flexibility index (Phi) is 4.48. The van der Waals surface area contributed by atoms with E-state index in [1.54, 1.807) is 0 Å². The molecule has 2 rings (SSSR count). The van der Waals surface area contributed by atoms with E-state index >= 15 is 0 Å². The second-order valence-electron chi connectivity index (χ2n) is 4.32. The van der Waals surface area contributed by atoms with Crippen LogP contribution >= 0.6 is 15.9 Å². The highest BCUT2D eigenvalue weighted by molar-refractivity contribution is 9.10. The largest absolute Gasteiger partial charge is 0.486 e. The molecule has 2 atom stereocenters. The zero-order chi connectivity index (χ0) is 13.1. The van der Waals surface area contributed by atoms with E-state index < -0.39 is 6.10 Å². The van der Waals surface area contributed by atoms with Crippen LogP contribution in [0.2, 0.25) is 0 Å². The fourth-order valence-electron chi connectivity index (χ4n) is 2.02.